The van der Waals surface area contributed by atoms with E-state index in [1.807, 2.05) is 42.5 Å². The molecule has 0 unspecified atom stereocenters. The van der Waals surface area contributed by atoms with Crippen LogP contribution in [-0.4, -0.2) is 16.1 Å². The fourth-order valence-electron chi connectivity index (χ4n) is 3.67. The maximum atomic E-state index is 11.4. The molecule has 5 heteroatoms. The van der Waals surface area contributed by atoms with Crippen molar-refractivity contribution in [3.63, 3.8) is 0 Å². The molecule has 0 radical (unpaired) electrons. The zero-order valence-corrected chi connectivity index (χ0v) is 15.9. The van der Waals surface area contributed by atoms with Crippen molar-refractivity contribution in [3.8, 4) is 5.75 Å². The highest BCUT2D eigenvalue weighted by Gasteiger charge is 2.42. The minimum absolute atomic E-state index is 0.0614. The minimum atomic E-state index is -0.277. The first-order valence-corrected chi connectivity index (χ1v) is 9.71. The molecule has 0 aliphatic heterocycles. The van der Waals surface area contributed by atoms with Crippen LogP contribution in [0.15, 0.2) is 54.6 Å². The van der Waals surface area contributed by atoms with Gasteiger partial charge in [-0.1, -0.05) is 37.3 Å². The van der Waals surface area contributed by atoms with E-state index in [1.54, 1.807) is 5.48 Å². The Morgan fingerprint density at radius 1 is 1.21 bits per heavy atom. The number of carbonyl (C=O) groups excluding carboxylic acids is 1. The van der Waals surface area contributed by atoms with E-state index in [0.717, 1.165) is 47.2 Å². The van der Waals surface area contributed by atoms with Crippen LogP contribution in [0.1, 0.15) is 30.2 Å². The van der Waals surface area contributed by atoms with Gasteiger partial charge in [0.2, 0.25) is 5.91 Å². The maximum Gasteiger partial charge on any atom is 0.246 e. The van der Waals surface area contributed by atoms with E-state index < -0.39 is 0 Å². The highest BCUT2D eigenvalue weighted by Crippen LogP contribution is 2.41. The number of carbonyl (C=O) groups is 1. The molecule has 1 aliphatic carbocycles. The van der Waals surface area contributed by atoms with Crippen molar-refractivity contribution in [2.75, 3.05) is 0 Å². The number of pyridine rings is 1. The number of hydroxylamine groups is 1. The molecule has 4 rings (SSSR count). The van der Waals surface area contributed by atoms with Gasteiger partial charge in [-0.2, -0.15) is 0 Å². The highest BCUT2D eigenvalue weighted by molar-refractivity contribution is 5.82. The largest absolute Gasteiger partial charge is 0.489 e. The molecule has 2 N–H and O–H groups in total. The SMILES string of the molecule is CCc1cc(COc2ccc(C[C@@H]3C[C@@H]3C(=O)NO)cc2)c2ccccc2n1. The number of aryl methyl sites for hydroxylation is 1. The third kappa shape index (κ3) is 3.99. The smallest absolute Gasteiger partial charge is 0.246 e. The van der Waals surface area contributed by atoms with Crippen molar-refractivity contribution in [1.29, 1.82) is 0 Å². The van der Waals surface area contributed by atoms with E-state index in [1.165, 1.54) is 5.56 Å². The molecule has 2 aromatic carbocycles. The second-order valence-corrected chi connectivity index (χ2v) is 7.36. The van der Waals surface area contributed by atoms with Crippen LogP contribution in [0.25, 0.3) is 10.9 Å². The van der Waals surface area contributed by atoms with Crippen LogP contribution in [0.2, 0.25) is 0 Å². The van der Waals surface area contributed by atoms with Gasteiger partial charge in [-0.25, -0.2) is 5.48 Å². The zero-order chi connectivity index (χ0) is 19.5. The Morgan fingerprint density at radius 3 is 2.75 bits per heavy atom. The fraction of sp³-hybridized carbons (Fsp3) is 0.304. The monoisotopic (exact) mass is 376 g/mol. The molecule has 0 bridgehead atoms. The first-order valence-electron chi connectivity index (χ1n) is 9.71. The van der Waals surface area contributed by atoms with Crippen molar-refractivity contribution in [2.24, 2.45) is 11.8 Å². The molecule has 1 fully saturated rings. The third-order valence-electron chi connectivity index (χ3n) is 5.40. The van der Waals surface area contributed by atoms with Crippen LogP contribution < -0.4 is 10.2 Å². The number of amides is 1. The van der Waals surface area contributed by atoms with Crippen LogP contribution in [0.3, 0.4) is 0 Å². The van der Waals surface area contributed by atoms with Gasteiger partial charge in [0.1, 0.15) is 12.4 Å². The molecule has 1 saturated carbocycles. The molecular weight excluding hydrogens is 352 g/mol. The van der Waals surface area contributed by atoms with Gasteiger partial charge in [-0.3, -0.25) is 15.0 Å². The summed E-state index contributed by atoms with van der Waals surface area (Å²) >= 11 is 0. The summed E-state index contributed by atoms with van der Waals surface area (Å²) in [6.45, 7) is 2.60. The zero-order valence-electron chi connectivity index (χ0n) is 15.9. The highest BCUT2D eigenvalue weighted by atomic mass is 16.5. The van der Waals surface area contributed by atoms with Gasteiger partial charge in [-0.05, 0) is 55.0 Å². The Kier molecular flexibility index (Phi) is 5.26. The Labute approximate surface area is 164 Å². The number of fused-ring (bicyclic) bond motifs is 1. The van der Waals surface area contributed by atoms with Crippen LogP contribution in [0.5, 0.6) is 5.75 Å². The first-order chi connectivity index (χ1) is 13.7. The predicted molar refractivity (Wildman–Crippen MR) is 107 cm³/mol. The number of para-hydroxylation sites is 1. The number of ether oxygens (including phenoxy) is 1. The number of hydrogen-bond donors (Lipinski definition) is 2. The van der Waals surface area contributed by atoms with Gasteiger partial charge < -0.3 is 4.74 Å². The Balaban J connectivity index is 1.41. The minimum Gasteiger partial charge on any atom is -0.489 e. The summed E-state index contributed by atoms with van der Waals surface area (Å²) in [6, 6.07) is 18.3. The molecule has 0 saturated heterocycles. The summed E-state index contributed by atoms with van der Waals surface area (Å²) in [5.41, 5.74) is 6.13. The van der Waals surface area contributed by atoms with Crippen LogP contribution in [0.4, 0.5) is 0 Å². The molecule has 1 aliphatic rings. The third-order valence-corrected chi connectivity index (χ3v) is 5.40. The van der Waals surface area contributed by atoms with Gasteiger partial charge in [0, 0.05) is 22.6 Å². The fourth-order valence-corrected chi connectivity index (χ4v) is 3.67. The lowest BCUT2D eigenvalue weighted by Crippen LogP contribution is -2.21. The standard InChI is InChI=1S/C23H24N2O3/c1-2-18-12-17(20-5-3-4-6-22(20)24-18)14-28-19-9-7-15(8-10-19)11-16-13-21(16)23(26)25-27/h3-10,12,16,21,27H,2,11,13-14H2,1H3,(H,25,26)/t16-,21+/m1/s1. The van der Waals surface area contributed by atoms with Crippen molar-refractivity contribution >= 4 is 16.8 Å². The number of benzene rings is 2. The van der Waals surface area contributed by atoms with E-state index in [-0.39, 0.29) is 11.8 Å². The van der Waals surface area contributed by atoms with Crippen molar-refractivity contribution in [3.05, 3.63) is 71.4 Å². The summed E-state index contributed by atoms with van der Waals surface area (Å²) in [4.78, 5) is 16.1. The molecule has 1 amide bonds. The van der Waals surface area contributed by atoms with Gasteiger partial charge in [0.15, 0.2) is 0 Å². The number of rotatable bonds is 7. The van der Waals surface area contributed by atoms with Crippen molar-refractivity contribution in [1.82, 2.24) is 10.5 Å². The van der Waals surface area contributed by atoms with E-state index >= 15 is 0 Å². The average molecular weight is 376 g/mol. The number of nitrogens with one attached hydrogen (secondary N) is 1. The van der Waals surface area contributed by atoms with Gasteiger partial charge in [0.25, 0.3) is 0 Å². The lowest BCUT2D eigenvalue weighted by Gasteiger charge is -2.11. The van der Waals surface area contributed by atoms with Crippen LogP contribution in [-0.2, 0) is 24.2 Å². The van der Waals surface area contributed by atoms with E-state index in [2.05, 4.69) is 24.0 Å². The molecule has 3 aromatic rings. The summed E-state index contributed by atoms with van der Waals surface area (Å²) in [6.07, 6.45) is 2.57. The van der Waals surface area contributed by atoms with Gasteiger partial charge in [-0.15, -0.1) is 0 Å². The van der Waals surface area contributed by atoms with Crippen molar-refractivity contribution < 1.29 is 14.7 Å². The molecule has 5 nitrogen and oxygen atoms in total. The lowest BCUT2D eigenvalue weighted by molar-refractivity contribution is -0.130. The van der Waals surface area contributed by atoms with E-state index in [4.69, 9.17) is 9.94 Å². The molecule has 1 aromatic heterocycles. The summed E-state index contributed by atoms with van der Waals surface area (Å²) in [5.74, 6) is 0.798. The predicted octanol–water partition coefficient (Wildman–Crippen LogP) is 4.06. The molecule has 1 heterocycles. The van der Waals surface area contributed by atoms with Crippen LogP contribution in [0, 0.1) is 11.8 Å². The maximum absolute atomic E-state index is 11.4. The number of nitrogens with zero attached hydrogens (tertiary/aromatic N) is 1. The summed E-state index contributed by atoms with van der Waals surface area (Å²) in [7, 11) is 0. The summed E-state index contributed by atoms with van der Waals surface area (Å²) < 4.78 is 6.03. The Morgan fingerprint density at radius 2 is 2.00 bits per heavy atom. The topological polar surface area (TPSA) is 71.5 Å². The normalized spacial score (nSPS) is 18.1. The summed E-state index contributed by atoms with van der Waals surface area (Å²) in [5, 5.41) is 9.82. The van der Waals surface area contributed by atoms with Gasteiger partial charge in [0.05, 0.1) is 5.52 Å². The van der Waals surface area contributed by atoms with Gasteiger partial charge >= 0.3 is 0 Å². The van der Waals surface area contributed by atoms with Crippen LogP contribution >= 0.6 is 0 Å². The molecule has 2 atom stereocenters. The molecular formula is C23H24N2O3. The Hall–Kier alpha value is -2.92. The quantitative estimate of drug-likeness (QED) is 0.482. The number of hydrogen-bond acceptors (Lipinski definition) is 4. The molecule has 28 heavy (non-hydrogen) atoms. The van der Waals surface area contributed by atoms with E-state index in [0.29, 0.717) is 12.5 Å². The first kappa shape index (κ1) is 18.4. The Bertz CT molecular complexity index is 985. The average Bonchev–Trinajstić information content (AvgIpc) is 3.51. The number of aromatic nitrogens is 1. The van der Waals surface area contributed by atoms with Crippen molar-refractivity contribution in [2.45, 2.75) is 32.8 Å². The second-order valence-electron chi connectivity index (χ2n) is 7.36. The lowest BCUT2D eigenvalue weighted by atomic mass is 10.1. The second kappa shape index (κ2) is 7.98. The van der Waals surface area contributed by atoms with E-state index in [9.17, 15) is 4.79 Å². The molecule has 0 spiro atoms. The molecule has 144 valence electrons.